The fourth-order valence-electron chi connectivity index (χ4n) is 0.642. The number of rotatable bonds is 0. The summed E-state index contributed by atoms with van der Waals surface area (Å²) in [6.45, 7) is 0. The summed E-state index contributed by atoms with van der Waals surface area (Å²) < 4.78 is 0. The molecule has 2 rings (SSSR count). The maximum absolute atomic E-state index is 8.24. The minimum Gasteiger partial charge on any atom is -0.724 e. The third-order valence-corrected chi connectivity index (χ3v) is 1.11. The molecule has 0 saturated heterocycles. The second-order valence-corrected chi connectivity index (χ2v) is 2.02. The maximum Gasteiger partial charge on any atom is 3.00 e. The van der Waals surface area contributed by atoms with E-state index in [1.54, 1.807) is 0 Å². The van der Waals surface area contributed by atoms with E-state index >= 15 is 0 Å². The van der Waals surface area contributed by atoms with Crippen molar-refractivity contribution in [2.45, 2.75) is 0 Å². The Morgan fingerprint density at radius 1 is 0.857 bits per heavy atom. The van der Waals surface area contributed by atoms with E-state index in [0.717, 1.165) is 0 Å². The number of isocyanates is 1. The normalized spacial score (nSPS) is 6.29. The molecule has 0 spiro atoms. The third kappa shape index (κ3) is 13.2. The van der Waals surface area contributed by atoms with E-state index in [9.17, 15) is 0 Å². The zero-order valence-corrected chi connectivity index (χ0v) is 8.59. The first-order chi connectivity index (χ1) is 6.41. The van der Waals surface area contributed by atoms with E-state index in [1.165, 1.54) is 0 Å². The van der Waals surface area contributed by atoms with Crippen LogP contribution < -0.4 is 0 Å². The third-order valence-electron chi connectivity index (χ3n) is 1.11. The molecule has 0 N–H and O–H groups in total. The minimum atomic E-state index is 0. The number of carbonyl (C=O) groups excluding carboxylic acids is 1. The molecule has 3 heteroatoms. The molecule has 0 unspecified atom stereocenters. The van der Waals surface area contributed by atoms with Gasteiger partial charge in [0.15, 0.2) is 0 Å². The smallest absolute Gasteiger partial charge is 0.724 e. The monoisotopic (exact) mass is 228 g/mol. The van der Waals surface area contributed by atoms with E-state index in [4.69, 9.17) is 10.2 Å². The Morgan fingerprint density at radius 3 is 1.14 bits per heavy atom. The predicted octanol–water partition coefficient (Wildman–Crippen LogP) is 2.70. The summed E-state index contributed by atoms with van der Waals surface area (Å²) >= 11 is 0. The first kappa shape index (κ1) is 15.1. The van der Waals surface area contributed by atoms with Crippen molar-refractivity contribution in [3.63, 3.8) is 0 Å². The molecular weight excluding hydrogens is 218 g/mol. The zero-order valence-electron chi connectivity index (χ0n) is 7.48. The molecule has 0 heterocycles. The number of hydrogen-bond acceptors (Lipinski definition) is 1. The molecule has 1 radical (unpaired) electrons. The molecule has 0 saturated carbocycles. The molecule has 73 valence electrons. The first-order valence-electron chi connectivity index (χ1n) is 3.76. The number of nitrogens with zero attached hydrogens (tertiary/aromatic N) is 1. The topological polar surface area (TPSA) is 39.4 Å². The van der Waals surface area contributed by atoms with Gasteiger partial charge in [0, 0.05) is 0 Å². The molecule has 2 aromatic rings. The van der Waals surface area contributed by atoms with Crippen LogP contribution in [0.2, 0.25) is 0 Å². The van der Waals surface area contributed by atoms with Crippen molar-refractivity contribution in [2.24, 2.45) is 0 Å². The molecule has 0 atom stereocenters. The van der Waals surface area contributed by atoms with E-state index in [2.05, 4.69) is 0 Å². The van der Waals surface area contributed by atoms with Crippen molar-refractivity contribution in [3.8, 4) is 0 Å². The van der Waals surface area contributed by atoms with Gasteiger partial charge in [-0.25, -0.2) is 24.3 Å². The molecule has 0 aliphatic carbocycles. The van der Waals surface area contributed by atoms with E-state index < -0.39 is 0 Å². The van der Waals surface area contributed by atoms with Crippen LogP contribution in [0.25, 0.3) is 5.41 Å². The fraction of sp³-hybridized carbons (Fsp3) is 0. The summed E-state index contributed by atoms with van der Waals surface area (Å²) in [6, 6.07) is 20.0. The van der Waals surface area contributed by atoms with Gasteiger partial charge in [0.05, 0.1) is 0 Å². The van der Waals surface area contributed by atoms with Gasteiger partial charge in [-0.3, -0.25) is 4.79 Å². The standard InChI is InChI=1S/2C5H5.CNO.Fe/c2*1-2-4-5-3-1;2-1-3;/h2*1-5H;;/q3*-1;+3. The SMILES string of the molecule is [Fe+3].[N-]=C=O.c1cc[cH-]c1.c1cc[cH-]c1. The predicted molar refractivity (Wildman–Crippen MR) is 53.1 cm³/mol. The molecule has 0 aliphatic heterocycles. The van der Waals surface area contributed by atoms with Crippen molar-refractivity contribution >= 4 is 6.08 Å². The molecule has 0 fully saturated rings. The molecule has 0 amide bonds. The van der Waals surface area contributed by atoms with Crippen molar-refractivity contribution in [1.82, 2.24) is 0 Å². The Bertz CT molecular complexity index is 220. The van der Waals surface area contributed by atoms with Gasteiger partial charge in [-0.1, -0.05) is 0 Å². The van der Waals surface area contributed by atoms with Crippen LogP contribution >= 0.6 is 0 Å². The van der Waals surface area contributed by atoms with Gasteiger partial charge < -0.3 is 5.41 Å². The average molecular weight is 228 g/mol. The Labute approximate surface area is 94.3 Å². The van der Waals surface area contributed by atoms with Gasteiger partial charge in [-0.15, -0.1) is 0 Å². The van der Waals surface area contributed by atoms with Crippen molar-refractivity contribution < 1.29 is 21.9 Å². The quantitative estimate of drug-likeness (QED) is 0.295. The van der Waals surface area contributed by atoms with Crippen molar-refractivity contribution in [2.75, 3.05) is 0 Å². The maximum atomic E-state index is 8.24. The van der Waals surface area contributed by atoms with Gasteiger partial charge in [-0.05, 0) is 6.08 Å². The first-order valence-corrected chi connectivity index (χ1v) is 3.76. The number of hydrogen-bond donors (Lipinski definition) is 0. The van der Waals surface area contributed by atoms with E-state index in [-0.39, 0.29) is 17.1 Å². The van der Waals surface area contributed by atoms with Crippen LogP contribution in [0.1, 0.15) is 0 Å². The van der Waals surface area contributed by atoms with Crippen LogP contribution in [0.3, 0.4) is 0 Å². The molecular formula is C11H10FeNO. The largest absolute Gasteiger partial charge is 3.00 e. The molecule has 0 aliphatic rings. The Kier molecular flexibility index (Phi) is 15.2. The average Bonchev–Trinajstić information content (AvgIpc) is 2.85. The van der Waals surface area contributed by atoms with Crippen LogP contribution in [0.5, 0.6) is 0 Å². The molecule has 14 heavy (non-hydrogen) atoms. The molecule has 0 aromatic heterocycles. The van der Waals surface area contributed by atoms with Crippen LogP contribution in [-0.4, -0.2) is 6.08 Å². The van der Waals surface area contributed by atoms with E-state index in [1.807, 2.05) is 60.7 Å². The van der Waals surface area contributed by atoms with Gasteiger partial charge >= 0.3 is 17.1 Å². The molecule has 2 aromatic carbocycles. The Hall–Kier alpha value is -1.40. The van der Waals surface area contributed by atoms with Crippen LogP contribution in [0.15, 0.2) is 60.7 Å². The summed E-state index contributed by atoms with van der Waals surface area (Å²) in [6.07, 6.45) is 0.500. The van der Waals surface area contributed by atoms with Crippen LogP contribution in [0, 0.1) is 0 Å². The zero-order chi connectivity index (χ0) is 9.78. The van der Waals surface area contributed by atoms with Gasteiger partial charge in [0.1, 0.15) is 0 Å². The minimum absolute atomic E-state index is 0. The molecule has 0 bridgehead atoms. The van der Waals surface area contributed by atoms with Gasteiger partial charge in [0.2, 0.25) is 0 Å². The van der Waals surface area contributed by atoms with E-state index in [0.29, 0.717) is 6.08 Å². The Morgan fingerprint density at radius 2 is 1.07 bits per heavy atom. The second-order valence-electron chi connectivity index (χ2n) is 2.02. The summed E-state index contributed by atoms with van der Waals surface area (Å²) in [5.74, 6) is 0. The fourth-order valence-corrected chi connectivity index (χ4v) is 0.642. The summed E-state index contributed by atoms with van der Waals surface area (Å²) in [4.78, 5) is 8.24. The van der Waals surface area contributed by atoms with Crippen molar-refractivity contribution in [1.29, 1.82) is 0 Å². The van der Waals surface area contributed by atoms with Crippen LogP contribution in [-0.2, 0) is 21.9 Å². The second kappa shape index (κ2) is 14.1. The van der Waals surface area contributed by atoms with Crippen molar-refractivity contribution in [3.05, 3.63) is 66.1 Å². The van der Waals surface area contributed by atoms with Gasteiger partial charge in [0.25, 0.3) is 0 Å². The summed E-state index contributed by atoms with van der Waals surface area (Å²) in [5, 5.41) is 6.76. The summed E-state index contributed by atoms with van der Waals surface area (Å²) in [7, 11) is 0. The summed E-state index contributed by atoms with van der Waals surface area (Å²) in [5.41, 5.74) is 0. The van der Waals surface area contributed by atoms with Gasteiger partial charge in [-0.2, -0.15) is 36.4 Å². The Balaban J connectivity index is 0. The molecule has 2 nitrogen and oxygen atoms in total. The van der Waals surface area contributed by atoms with Crippen LogP contribution in [0.4, 0.5) is 0 Å².